The summed E-state index contributed by atoms with van der Waals surface area (Å²) in [6.45, 7) is 6.40. The Morgan fingerprint density at radius 3 is 1.85 bits per heavy atom. The third-order valence-electron chi connectivity index (χ3n) is 6.34. The van der Waals surface area contributed by atoms with Gasteiger partial charge in [-0.3, -0.25) is 14.4 Å². The predicted molar refractivity (Wildman–Crippen MR) is 174 cm³/mol. The van der Waals surface area contributed by atoms with Gasteiger partial charge in [0.15, 0.2) is 0 Å². The molecule has 0 aromatic heterocycles. The first-order valence-corrected chi connectivity index (χ1v) is 15.2. The van der Waals surface area contributed by atoms with Crippen LogP contribution in [0.5, 0.6) is 0 Å². The lowest BCUT2D eigenvalue weighted by Gasteiger charge is -2.20. The molecule has 258 valence electrons. The molecule has 0 aliphatic rings. The first-order chi connectivity index (χ1) is 23.2. The molecule has 0 spiro atoms. The Bertz CT molecular complexity index is 1350. The van der Waals surface area contributed by atoms with Gasteiger partial charge >= 0.3 is 24.1 Å². The maximum absolute atomic E-state index is 13.1. The van der Waals surface area contributed by atoms with E-state index in [0.717, 1.165) is 11.1 Å². The number of amides is 4. The summed E-state index contributed by atoms with van der Waals surface area (Å²) >= 11 is 0. The van der Waals surface area contributed by atoms with E-state index in [0.29, 0.717) is 12.8 Å². The quantitative estimate of drug-likeness (QED) is 0.0668. The van der Waals surface area contributed by atoms with Gasteiger partial charge in [0.2, 0.25) is 11.8 Å². The van der Waals surface area contributed by atoms with E-state index in [1.54, 1.807) is 24.3 Å². The fraction of sp³-hybridized carbons (Fsp3) is 0.353. The van der Waals surface area contributed by atoms with E-state index in [4.69, 9.17) is 18.9 Å². The lowest BCUT2D eigenvalue weighted by Crippen LogP contribution is -2.51. The zero-order valence-corrected chi connectivity index (χ0v) is 26.7. The standard InChI is InChI=1S/C34H42N4O10/c1-3-19-45-30(40)21-28(32(42)46-20-4-2)37-29(39)22-36-31(41)27(38-34(44)48-24-26-15-9-6-10-16-26)17-11-12-18-35-33(43)47-23-25-13-7-5-8-14-25/h3-10,13-16,27-28H,1-2,11-12,17-24H2,(H,35,43)(H,36,41)(H,37,39)(H,38,44)/t27-,28-/m0/s1. The van der Waals surface area contributed by atoms with Crippen molar-refractivity contribution in [2.75, 3.05) is 26.3 Å². The Balaban J connectivity index is 1.91. The Morgan fingerprint density at radius 1 is 0.667 bits per heavy atom. The van der Waals surface area contributed by atoms with Gasteiger partial charge in [-0.25, -0.2) is 14.4 Å². The number of carbonyl (C=O) groups is 6. The number of ether oxygens (including phenoxy) is 4. The topological polar surface area (TPSA) is 187 Å². The Hall–Kier alpha value is -5.66. The highest BCUT2D eigenvalue weighted by Crippen LogP contribution is 2.06. The largest absolute Gasteiger partial charge is 0.461 e. The molecule has 14 heteroatoms. The summed E-state index contributed by atoms with van der Waals surface area (Å²) in [4.78, 5) is 74.7. The Morgan fingerprint density at radius 2 is 1.25 bits per heavy atom. The number of unbranched alkanes of at least 4 members (excludes halogenated alkanes) is 1. The van der Waals surface area contributed by atoms with Crippen molar-refractivity contribution in [2.45, 2.75) is 51.0 Å². The van der Waals surface area contributed by atoms with E-state index in [1.807, 2.05) is 36.4 Å². The van der Waals surface area contributed by atoms with Crippen LogP contribution in [0.1, 0.15) is 36.8 Å². The van der Waals surface area contributed by atoms with Gasteiger partial charge in [0.25, 0.3) is 0 Å². The second kappa shape index (κ2) is 22.8. The van der Waals surface area contributed by atoms with E-state index in [1.165, 1.54) is 12.2 Å². The van der Waals surface area contributed by atoms with Gasteiger partial charge < -0.3 is 40.2 Å². The van der Waals surface area contributed by atoms with Gasteiger partial charge in [-0.1, -0.05) is 86.0 Å². The molecule has 0 fully saturated rings. The van der Waals surface area contributed by atoms with E-state index >= 15 is 0 Å². The molecule has 2 aromatic rings. The van der Waals surface area contributed by atoms with Gasteiger partial charge in [0, 0.05) is 6.54 Å². The highest BCUT2D eigenvalue weighted by Gasteiger charge is 2.27. The number of hydrogen-bond donors (Lipinski definition) is 4. The van der Waals surface area contributed by atoms with Gasteiger partial charge in [-0.05, 0) is 30.4 Å². The van der Waals surface area contributed by atoms with Crippen molar-refractivity contribution in [1.82, 2.24) is 21.3 Å². The van der Waals surface area contributed by atoms with Crippen LogP contribution < -0.4 is 21.3 Å². The molecule has 14 nitrogen and oxygen atoms in total. The summed E-state index contributed by atoms with van der Waals surface area (Å²) in [5.74, 6) is -3.18. The Kier molecular flexibility index (Phi) is 18.3. The molecule has 2 aromatic carbocycles. The molecule has 0 aliphatic carbocycles. The van der Waals surface area contributed by atoms with Gasteiger partial charge in [0.05, 0.1) is 13.0 Å². The van der Waals surface area contributed by atoms with Crippen molar-refractivity contribution in [3.05, 3.63) is 97.1 Å². The first kappa shape index (κ1) is 38.5. The third-order valence-corrected chi connectivity index (χ3v) is 6.34. The second-order valence-electron chi connectivity index (χ2n) is 10.2. The molecule has 0 saturated carbocycles. The minimum Gasteiger partial charge on any atom is -0.461 e. The zero-order chi connectivity index (χ0) is 35.0. The van der Waals surface area contributed by atoms with Crippen LogP contribution in [-0.2, 0) is 51.3 Å². The number of rotatable bonds is 21. The molecule has 0 radical (unpaired) electrons. The van der Waals surface area contributed by atoms with E-state index in [-0.39, 0.29) is 39.4 Å². The lowest BCUT2D eigenvalue weighted by molar-refractivity contribution is -0.152. The zero-order valence-electron chi connectivity index (χ0n) is 26.7. The number of alkyl carbamates (subject to hydrolysis) is 2. The number of nitrogens with one attached hydrogen (secondary N) is 4. The van der Waals surface area contributed by atoms with E-state index in [9.17, 15) is 28.8 Å². The third kappa shape index (κ3) is 16.6. The molecular formula is C34H42N4O10. The molecule has 2 atom stereocenters. The summed E-state index contributed by atoms with van der Waals surface area (Å²) in [6, 6.07) is 15.6. The van der Waals surface area contributed by atoms with Gasteiger partial charge in [-0.15, -0.1) is 0 Å². The molecule has 4 N–H and O–H groups in total. The van der Waals surface area contributed by atoms with Crippen molar-refractivity contribution in [2.24, 2.45) is 0 Å². The summed E-state index contributed by atoms with van der Waals surface area (Å²) in [5.41, 5.74) is 1.58. The molecule has 2 rings (SSSR count). The molecule has 4 amide bonds. The molecule has 48 heavy (non-hydrogen) atoms. The number of carbonyl (C=O) groups excluding carboxylic acids is 6. The summed E-state index contributed by atoms with van der Waals surface area (Å²) in [5, 5.41) is 9.90. The monoisotopic (exact) mass is 666 g/mol. The average molecular weight is 667 g/mol. The fourth-order valence-electron chi connectivity index (χ4n) is 3.96. The maximum Gasteiger partial charge on any atom is 0.408 e. The van der Waals surface area contributed by atoms with Crippen LogP contribution in [0, 0.1) is 0 Å². The molecule has 0 unspecified atom stereocenters. The molecular weight excluding hydrogens is 624 g/mol. The second-order valence-corrected chi connectivity index (χ2v) is 10.2. The van der Waals surface area contributed by atoms with Crippen LogP contribution in [0.2, 0.25) is 0 Å². The minimum absolute atomic E-state index is 0.0307. The average Bonchev–Trinajstić information content (AvgIpc) is 3.10. The number of hydrogen-bond acceptors (Lipinski definition) is 10. The molecule has 0 saturated heterocycles. The smallest absolute Gasteiger partial charge is 0.408 e. The van der Waals surface area contributed by atoms with Crippen LogP contribution >= 0.6 is 0 Å². The minimum atomic E-state index is -1.39. The van der Waals surface area contributed by atoms with Crippen molar-refractivity contribution in [3.8, 4) is 0 Å². The first-order valence-electron chi connectivity index (χ1n) is 15.2. The predicted octanol–water partition coefficient (Wildman–Crippen LogP) is 2.83. The summed E-state index contributed by atoms with van der Waals surface area (Å²) in [7, 11) is 0. The van der Waals surface area contributed by atoms with Gasteiger partial charge in [-0.2, -0.15) is 0 Å². The van der Waals surface area contributed by atoms with Crippen LogP contribution in [0.3, 0.4) is 0 Å². The fourth-order valence-corrected chi connectivity index (χ4v) is 3.96. The number of esters is 2. The van der Waals surface area contributed by atoms with E-state index < -0.39 is 61.0 Å². The lowest BCUT2D eigenvalue weighted by atomic mass is 10.1. The van der Waals surface area contributed by atoms with Crippen molar-refractivity contribution < 1.29 is 47.7 Å². The summed E-state index contributed by atoms with van der Waals surface area (Å²) < 4.78 is 20.3. The molecule has 0 bridgehead atoms. The summed E-state index contributed by atoms with van der Waals surface area (Å²) in [6.07, 6.45) is 1.68. The van der Waals surface area contributed by atoms with Crippen molar-refractivity contribution >= 4 is 35.9 Å². The van der Waals surface area contributed by atoms with E-state index in [2.05, 4.69) is 34.4 Å². The normalized spacial score (nSPS) is 11.4. The molecule has 0 heterocycles. The SMILES string of the molecule is C=CCOC(=O)C[C@H](NC(=O)CNC(=O)[C@H](CCCCNC(=O)OCc1ccccc1)NC(=O)OCc1ccccc1)C(=O)OCC=C. The Labute approximate surface area is 279 Å². The van der Waals surface area contributed by atoms with Crippen LogP contribution in [0.15, 0.2) is 86.0 Å². The molecule has 0 aliphatic heterocycles. The van der Waals surface area contributed by atoms with Crippen LogP contribution in [0.4, 0.5) is 9.59 Å². The van der Waals surface area contributed by atoms with Crippen LogP contribution in [0.25, 0.3) is 0 Å². The van der Waals surface area contributed by atoms with Crippen molar-refractivity contribution in [3.63, 3.8) is 0 Å². The highest BCUT2D eigenvalue weighted by molar-refractivity contribution is 5.92. The highest BCUT2D eigenvalue weighted by atomic mass is 16.6. The number of benzene rings is 2. The maximum atomic E-state index is 13.1. The van der Waals surface area contributed by atoms with Gasteiger partial charge in [0.1, 0.15) is 38.5 Å². The van der Waals surface area contributed by atoms with Crippen LogP contribution in [-0.4, -0.2) is 74.3 Å². The van der Waals surface area contributed by atoms with Crippen molar-refractivity contribution in [1.29, 1.82) is 0 Å².